The molecule has 1 unspecified atom stereocenters. The number of rotatable bonds is 6. The van der Waals surface area contributed by atoms with Crippen LogP contribution < -0.4 is 5.32 Å². The van der Waals surface area contributed by atoms with Crippen molar-refractivity contribution in [3.8, 4) is 11.5 Å². The van der Waals surface area contributed by atoms with Crippen LogP contribution >= 0.6 is 0 Å². The van der Waals surface area contributed by atoms with Gasteiger partial charge in [-0.05, 0) is 37.1 Å². The van der Waals surface area contributed by atoms with Gasteiger partial charge in [-0.25, -0.2) is 0 Å². The van der Waals surface area contributed by atoms with E-state index >= 15 is 0 Å². The van der Waals surface area contributed by atoms with Crippen molar-refractivity contribution in [1.29, 1.82) is 0 Å². The molecule has 0 spiro atoms. The van der Waals surface area contributed by atoms with Crippen LogP contribution in [0.4, 0.5) is 0 Å². The molecule has 0 fully saturated rings. The first-order valence-corrected chi connectivity index (χ1v) is 6.94. The van der Waals surface area contributed by atoms with Gasteiger partial charge < -0.3 is 9.73 Å². The van der Waals surface area contributed by atoms with Crippen LogP contribution in [0, 0.1) is 0 Å². The zero-order chi connectivity index (χ0) is 13.7. The summed E-state index contributed by atoms with van der Waals surface area (Å²) in [4.78, 5) is 0. The molecule has 0 aliphatic rings. The predicted molar refractivity (Wildman–Crippen MR) is 75.8 cm³/mol. The van der Waals surface area contributed by atoms with Crippen molar-refractivity contribution in [3.05, 3.63) is 35.7 Å². The Labute approximate surface area is 114 Å². The molecule has 1 atom stereocenters. The Bertz CT molecular complexity index is 504. The Hall–Kier alpha value is -1.68. The lowest BCUT2D eigenvalue weighted by molar-refractivity contribution is 0.402. The van der Waals surface area contributed by atoms with Gasteiger partial charge in [-0.3, -0.25) is 0 Å². The third-order valence-corrected chi connectivity index (χ3v) is 3.21. The zero-order valence-electron chi connectivity index (χ0n) is 11.8. The standard InChI is InChI=1S/C15H21N3O/c1-4-11-7-9-12(10-8-11)14-17-18-15(19-14)13(5-2)16-6-3/h7-10,13,16H,4-6H2,1-3H3. The van der Waals surface area contributed by atoms with Crippen LogP contribution in [-0.2, 0) is 6.42 Å². The van der Waals surface area contributed by atoms with Crippen molar-refractivity contribution in [2.75, 3.05) is 6.54 Å². The molecular formula is C15H21N3O. The van der Waals surface area contributed by atoms with Crippen molar-refractivity contribution in [1.82, 2.24) is 15.5 Å². The number of nitrogens with zero attached hydrogens (tertiary/aromatic N) is 2. The predicted octanol–water partition coefficient (Wildman–Crippen LogP) is 3.36. The molecule has 1 N–H and O–H groups in total. The van der Waals surface area contributed by atoms with E-state index in [2.05, 4.69) is 48.4 Å². The van der Waals surface area contributed by atoms with Gasteiger partial charge >= 0.3 is 0 Å². The van der Waals surface area contributed by atoms with E-state index in [0.717, 1.165) is 24.9 Å². The Balaban J connectivity index is 2.19. The summed E-state index contributed by atoms with van der Waals surface area (Å²) in [6.07, 6.45) is 1.97. The third kappa shape index (κ3) is 3.20. The molecule has 1 aromatic heterocycles. The van der Waals surface area contributed by atoms with E-state index in [1.807, 2.05) is 12.1 Å². The van der Waals surface area contributed by atoms with E-state index in [-0.39, 0.29) is 6.04 Å². The smallest absolute Gasteiger partial charge is 0.247 e. The molecule has 0 saturated heterocycles. The van der Waals surface area contributed by atoms with E-state index in [1.54, 1.807) is 0 Å². The van der Waals surface area contributed by atoms with Crippen molar-refractivity contribution in [3.63, 3.8) is 0 Å². The summed E-state index contributed by atoms with van der Waals surface area (Å²) in [7, 11) is 0. The fourth-order valence-corrected chi connectivity index (χ4v) is 2.03. The molecular weight excluding hydrogens is 238 g/mol. The third-order valence-electron chi connectivity index (χ3n) is 3.21. The van der Waals surface area contributed by atoms with Crippen molar-refractivity contribution in [2.45, 2.75) is 39.7 Å². The van der Waals surface area contributed by atoms with Crippen LogP contribution in [0.5, 0.6) is 0 Å². The lowest BCUT2D eigenvalue weighted by Crippen LogP contribution is -2.20. The molecule has 19 heavy (non-hydrogen) atoms. The molecule has 0 saturated carbocycles. The quantitative estimate of drug-likeness (QED) is 0.864. The van der Waals surface area contributed by atoms with Gasteiger partial charge in [0.15, 0.2) is 0 Å². The maximum absolute atomic E-state index is 5.76. The molecule has 2 aromatic rings. The van der Waals surface area contributed by atoms with Gasteiger partial charge in [-0.2, -0.15) is 0 Å². The number of nitrogens with one attached hydrogen (secondary N) is 1. The SMILES string of the molecule is CCNC(CC)c1nnc(-c2ccc(CC)cc2)o1. The van der Waals surface area contributed by atoms with Crippen LogP contribution in [0.15, 0.2) is 28.7 Å². The molecule has 0 amide bonds. The zero-order valence-corrected chi connectivity index (χ0v) is 11.8. The van der Waals surface area contributed by atoms with Gasteiger partial charge in [0.2, 0.25) is 11.8 Å². The minimum absolute atomic E-state index is 0.140. The average Bonchev–Trinajstić information content (AvgIpc) is 2.94. The molecule has 0 aliphatic heterocycles. The van der Waals surface area contributed by atoms with E-state index in [9.17, 15) is 0 Å². The minimum atomic E-state index is 0.140. The summed E-state index contributed by atoms with van der Waals surface area (Å²) in [5.74, 6) is 1.26. The molecule has 0 bridgehead atoms. The summed E-state index contributed by atoms with van der Waals surface area (Å²) >= 11 is 0. The summed E-state index contributed by atoms with van der Waals surface area (Å²) in [5, 5.41) is 11.6. The van der Waals surface area contributed by atoms with Crippen LogP contribution in [0.1, 0.15) is 44.7 Å². The van der Waals surface area contributed by atoms with Gasteiger partial charge in [0.25, 0.3) is 0 Å². The average molecular weight is 259 g/mol. The highest BCUT2D eigenvalue weighted by atomic mass is 16.4. The maximum atomic E-state index is 5.76. The van der Waals surface area contributed by atoms with Gasteiger partial charge in [0.1, 0.15) is 0 Å². The normalized spacial score (nSPS) is 12.6. The van der Waals surface area contributed by atoms with Crippen LogP contribution in [0.2, 0.25) is 0 Å². The first-order valence-electron chi connectivity index (χ1n) is 6.94. The molecule has 1 aromatic carbocycles. The topological polar surface area (TPSA) is 51.0 Å². The summed E-state index contributed by atoms with van der Waals surface area (Å²) in [5.41, 5.74) is 2.28. The monoisotopic (exact) mass is 259 g/mol. The maximum Gasteiger partial charge on any atom is 0.247 e. The molecule has 1 heterocycles. The van der Waals surface area contributed by atoms with Gasteiger partial charge in [-0.1, -0.05) is 32.9 Å². The molecule has 0 radical (unpaired) electrons. The van der Waals surface area contributed by atoms with E-state index < -0.39 is 0 Å². The van der Waals surface area contributed by atoms with Crippen molar-refractivity contribution >= 4 is 0 Å². The number of aryl methyl sites for hydroxylation is 1. The number of benzene rings is 1. The van der Waals surface area contributed by atoms with Crippen LogP contribution in [0.25, 0.3) is 11.5 Å². The Morgan fingerprint density at radius 2 is 1.84 bits per heavy atom. The fraction of sp³-hybridized carbons (Fsp3) is 0.467. The van der Waals surface area contributed by atoms with E-state index in [4.69, 9.17) is 4.42 Å². The second-order valence-electron chi connectivity index (χ2n) is 4.51. The fourth-order valence-electron chi connectivity index (χ4n) is 2.03. The highest BCUT2D eigenvalue weighted by molar-refractivity contribution is 5.53. The Kier molecular flexibility index (Phi) is 4.68. The lowest BCUT2D eigenvalue weighted by Gasteiger charge is -2.10. The molecule has 102 valence electrons. The largest absolute Gasteiger partial charge is 0.419 e. The lowest BCUT2D eigenvalue weighted by atomic mass is 10.1. The van der Waals surface area contributed by atoms with E-state index in [0.29, 0.717) is 11.8 Å². The van der Waals surface area contributed by atoms with Gasteiger partial charge in [0.05, 0.1) is 6.04 Å². The van der Waals surface area contributed by atoms with Crippen molar-refractivity contribution < 1.29 is 4.42 Å². The van der Waals surface area contributed by atoms with Crippen LogP contribution in [-0.4, -0.2) is 16.7 Å². The highest BCUT2D eigenvalue weighted by Gasteiger charge is 2.16. The highest BCUT2D eigenvalue weighted by Crippen LogP contribution is 2.22. The Morgan fingerprint density at radius 3 is 2.42 bits per heavy atom. The second kappa shape index (κ2) is 6.48. The minimum Gasteiger partial charge on any atom is -0.419 e. The summed E-state index contributed by atoms with van der Waals surface area (Å²) in [6.45, 7) is 7.21. The van der Waals surface area contributed by atoms with Crippen LogP contribution in [0.3, 0.4) is 0 Å². The molecule has 0 aliphatic carbocycles. The van der Waals surface area contributed by atoms with Gasteiger partial charge in [0, 0.05) is 5.56 Å². The number of hydrogen-bond acceptors (Lipinski definition) is 4. The molecule has 2 rings (SSSR count). The Morgan fingerprint density at radius 1 is 1.11 bits per heavy atom. The molecule has 4 heteroatoms. The second-order valence-corrected chi connectivity index (χ2v) is 4.51. The number of aromatic nitrogens is 2. The van der Waals surface area contributed by atoms with Crippen molar-refractivity contribution in [2.24, 2.45) is 0 Å². The van der Waals surface area contributed by atoms with Gasteiger partial charge in [-0.15, -0.1) is 10.2 Å². The van der Waals surface area contributed by atoms with E-state index in [1.165, 1.54) is 5.56 Å². The molecule has 4 nitrogen and oxygen atoms in total. The summed E-state index contributed by atoms with van der Waals surface area (Å²) < 4.78 is 5.76. The number of hydrogen-bond donors (Lipinski definition) is 1. The first-order chi connectivity index (χ1) is 9.28. The first kappa shape index (κ1) is 13.7. The summed E-state index contributed by atoms with van der Waals surface area (Å²) in [6, 6.07) is 8.40.